The van der Waals surface area contributed by atoms with Crippen molar-refractivity contribution in [2.45, 2.75) is 13.5 Å². The quantitative estimate of drug-likeness (QED) is 0.926. The molecule has 2 aromatic rings. The number of thiazole rings is 1. The van der Waals surface area contributed by atoms with Crippen LogP contribution in [0.25, 0.3) is 0 Å². The summed E-state index contributed by atoms with van der Waals surface area (Å²) in [5.74, 6) is 1.57. The molecule has 0 saturated carbocycles. The van der Waals surface area contributed by atoms with E-state index in [4.69, 9.17) is 9.47 Å². The van der Waals surface area contributed by atoms with Crippen molar-refractivity contribution in [3.63, 3.8) is 0 Å². The van der Waals surface area contributed by atoms with Crippen LogP contribution in [0.1, 0.15) is 10.7 Å². The van der Waals surface area contributed by atoms with Crippen molar-refractivity contribution in [1.29, 1.82) is 0 Å². The summed E-state index contributed by atoms with van der Waals surface area (Å²) in [4.78, 5) is 4.43. The molecule has 1 aromatic carbocycles. The Bertz CT molecular complexity index is 600. The van der Waals surface area contributed by atoms with Gasteiger partial charge in [0.05, 0.1) is 22.9 Å². The third-order valence-corrected chi connectivity index (χ3v) is 4.24. The molecule has 2 heterocycles. The molecule has 0 radical (unpaired) electrons. The molecule has 0 atom stereocenters. The van der Waals surface area contributed by atoms with Crippen molar-refractivity contribution in [3.05, 3.63) is 32.7 Å². The molecule has 4 nitrogen and oxygen atoms in total. The van der Waals surface area contributed by atoms with Crippen LogP contribution >= 0.6 is 27.3 Å². The summed E-state index contributed by atoms with van der Waals surface area (Å²) in [7, 11) is 0. The highest BCUT2D eigenvalue weighted by Crippen LogP contribution is 2.38. The predicted octanol–water partition coefficient (Wildman–Crippen LogP) is 3.60. The van der Waals surface area contributed by atoms with Crippen LogP contribution < -0.4 is 14.8 Å². The highest BCUT2D eigenvalue weighted by atomic mass is 79.9. The molecule has 1 aliphatic rings. The molecule has 0 spiro atoms. The van der Waals surface area contributed by atoms with E-state index in [9.17, 15) is 0 Å². The topological polar surface area (TPSA) is 43.4 Å². The Balaban J connectivity index is 1.77. The van der Waals surface area contributed by atoms with Crippen LogP contribution in [0, 0.1) is 6.92 Å². The number of rotatable bonds is 3. The fourth-order valence-corrected chi connectivity index (χ4v) is 2.95. The van der Waals surface area contributed by atoms with Crippen LogP contribution in [0.4, 0.5) is 5.69 Å². The molecule has 0 fully saturated rings. The Morgan fingerprint density at radius 2 is 2.05 bits per heavy atom. The summed E-state index contributed by atoms with van der Waals surface area (Å²) in [6, 6.07) is 3.89. The van der Waals surface area contributed by atoms with E-state index in [-0.39, 0.29) is 0 Å². The number of ether oxygens (including phenoxy) is 2. The smallest absolute Gasteiger partial charge is 0.163 e. The maximum atomic E-state index is 5.58. The molecule has 0 saturated heterocycles. The molecule has 0 aliphatic carbocycles. The number of fused-ring (bicyclic) bond motifs is 1. The minimum absolute atomic E-state index is 0.597. The zero-order valence-electron chi connectivity index (χ0n) is 10.4. The van der Waals surface area contributed by atoms with Gasteiger partial charge in [0.2, 0.25) is 0 Å². The highest BCUT2D eigenvalue weighted by Gasteiger charge is 2.14. The second-order valence-electron chi connectivity index (χ2n) is 4.19. The Hall–Kier alpha value is -1.27. The van der Waals surface area contributed by atoms with Crippen molar-refractivity contribution >= 4 is 33.0 Å². The summed E-state index contributed by atoms with van der Waals surface area (Å²) in [6.45, 7) is 3.90. The lowest BCUT2D eigenvalue weighted by Crippen LogP contribution is -2.15. The first-order valence-electron chi connectivity index (χ1n) is 5.96. The zero-order valence-corrected chi connectivity index (χ0v) is 12.8. The lowest BCUT2D eigenvalue weighted by atomic mass is 10.2. The minimum atomic E-state index is 0.597. The maximum absolute atomic E-state index is 5.58. The summed E-state index contributed by atoms with van der Waals surface area (Å²) in [5.41, 5.74) is 2.03. The van der Waals surface area contributed by atoms with Gasteiger partial charge in [-0.1, -0.05) is 0 Å². The van der Waals surface area contributed by atoms with Crippen LogP contribution in [0.5, 0.6) is 11.5 Å². The monoisotopic (exact) mass is 340 g/mol. The molecule has 3 rings (SSSR count). The van der Waals surface area contributed by atoms with Gasteiger partial charge in [-0.25, -0.2) is 4.98 Å². The summed E-state index contributed by atoms with van der Waals surface area (Å²) in [6.07, 6.45) is 0. The van der Waals surface area contributed by atoms with Crippen molar-refractivity contribution in [2.24, 2.45) is 0 Å². The highest BCUT2D eigenvalue weighted by molar-refractivity contribution is 9.10. The molecular weight excluding hydrogens is 328 g/mol. The van der Waals surface area contributed by atoms with Gasteiger partial charge in [0.25, 0.3) is 0 Å². The van der Waals surface area contributed by atoms with Gasteiger partial charge in [0.15, 0.2) is 11.5 Å². The third kappa shape index (κ3) is 2.84. The molecule has 1 aromatic heterocycles. The van der Waals surface area contributed by atoms with E-state index in [2.05, 4.69) is 31.6 Å². The molecule has 100 valence electrons. The molecule has 19 heavy (non-hydrogen) atoms. The number of aryl methyl sites for hydroxylation is 1. The number of nitrogens with zero attached hydrogens (tertiary/aromatic N) is 1. The first kappa shape index (κ1) is 12.7. The average Bonchev–Trinajstić information content (AvgIpc) is 2.82. The van der Waals surface area contributed by atoms with Gasteiger partial charge in [-0.2, -0.15) is 0 Å². The van der Waals surface area contributed by atoms with Gasteiger partial charge in [0, 0.05) is 22.0 Å². The van der Waals surface area contributed by atoms with Crippen LogP contribution in [0.2, 0.25) is 0 Å². The van der Waals surface area contributed by atoms with Gasteiger partial charge < -0.3 is 14.8 Å². The molecule has 1 aliphatic heterocycles. The van der Waals surface area contributed by atoms with Crippen LogP contribution in [-0.4, -0.2) is 18.2 Å². The standard InChI is InChI=1S/C13H13BrN2O2S/c1-8-16-9(7-19-8)6-15-11-5-13-12(4-10(11)14)17-2-3-18-13/h4-5,7,15H,2-3,6H2,1H3. The van der Waals surface area contributed by atoms with E-state index in [0.717, 1.165) is 32.4 Å². The first-order chi connectivity index (χ1) is 9.22. The Morgan fingerprint density at radius 1 is 1.32 bits per heavy atom. The van der Waals surface area contributed by atoms with E-state index >= 15 is 0 Å². The number of aromatic nitrogens is 1. The molecular formula is C13H13BrN2O2S. The number of benzene rings is 1. The Morgan fingerprint density at radius 3 is 2.74 bits per heavy atom. The van der Waals surface area contributed by atoms with Crippen molar-refractivity contribution in [3.8, 4) is 11.5 Å². The number of nitrogens with one attached hydrogen (secondary N) is 1. The SMILES string of the molecule is Cc1nc(CNc2cc3c(cc2Br)OCCO3)cs1. The molecule has 0 bridgehead atoms. The molecule has 0 unspecified atom stereocenters. The lowest BCUT2D eigenvalue weighted by Gasteiger charge is -2.20. The molecule has 1 N–H and O–H groups in total. The van der Waals surface area contributed by atoms with E-state index in [1.165, 1.54) is 0 Å². The fraction of sp³-hybridized carbons (Fsp3) is 0.308. The van der Waals surface area contributed by atoms with E-state index in [1.807, 2.05) is 19.1 Å². The number of halogens is 1. The minimum Gasteiger partial charge on any atom is -0.486 e. The fourth-order valence-electron chi connectivity index (χ4n) is 1.87. The van der Waals surface area contributed by atoms with Crippen molar-refractivity contribution < 1.29 is 9.47 Å². The van der Waals surface area contributed by atoms with Crippen molar-refractivity contribution in [2.75, 3.05) is 18.5 Å². The third-order valence-electron chi connectivity index (χ3n) is 2.76. The van der Waals surface area contributed by atoms with Crippen LogP contribution in [0.15, 0.2) is 22.0 Å². The molecule has 0 amide bonds. The number of hydrogen-bond donors (Lipinski definition) is 1. The van der Waals surface area contributed by atoms with E-state index in [1.54, 1.807) is 11.3 Å². The average molecular weight is 341 g/mol. The first-order valence-corrected chi connectivity index (χ1v) is 7.63. The van der Waals surface area contributed by atoms with Gasteiger partial charge >= 0.3 is 0 Å². The van der Waals surface area contributed by atoms with Crippen molar-refractivity contribution in [1.82, 2.24) is 4.98 Å². The van der Waals surface area contributed by atoms with Gasteiger partial charge in [-0.3, -0.25) is 0 Å². The summed E-state index contributed by atoms with van der Waals surface area (Å²) in [5, 5.41) is 6.50. The second kappa shape index (κ2) is 5.38. The van der Waals surface area contributed by atoms with Crippen LogP contribution in [0.3, 0.4) is 0 Å². The van der Waals surface area contributed by atoms with Crippen LogP contribution in [-0.2, 0) is 6.54 Å². The normalized spacial score (nSPS) is 13.4. The Labute approximate surface area is 123 Å². The van der Waals surface area contributed by atoms with Gasteiger partial charge in [-0.15, -0.1) is 11.3 Å². The van der Waals surface area contributed by atoms with E-state index in [0.29, 0.717) is 19.8 Å². The Kier molecular flexibility index (Phi) is 3.61. The predicted molar refractivity (Wildman–Crippen MR) is 79.3 cm³/mol. The second-order valence-corrected chi connectivity index (χ2v) is 6.10. The molecule has 6 heteroatoms. The number of hydrogen-bond acceptors (Lipinski definition) is 5. The zero-order chi connectivity index (χ0) is 13.2. The van der Waals surface area contributed by atoms with Gasteiger partial charge in [-0.05, 0) is 22.9 Å². The number of anilines is 1. The largest absolute Gasteiger partial charge is 0.486 e. The summed E-state index contributed by atoms with van der Waals surface area (Å²) >= 11 is 5.20. The maximum Gasteiger partial charge on any atom is 0.163 e. The van der Waals surface area contributed by atoms with E-state index < -0.39 is 0 Å². The van der Waals surface area contributed by atoms with Gasteiger partial charge in [0.1, 0.15) is 13.2 Å². The summed E-state index contributed by atoms with van der Waals surface area (Å²) < 4.78 is 12.1. The lowest BCUT2D eigenvalue weighted by molar-refractivity contribution is 0.171.